The summed E-state index contributed by atoms with van der Waals surface area (Å²) >= 11 is 5.80. The lowest BCUT2D eigenvalue weighted by molar-refractivity contribution is -0.384. The first-order valence-electron chi connectivity index (χ1n) is 8.67. The number of rotatable bonds is 8. The zero-order valence-electron chi connectivity index (χ0n) is 16.0. The zero-order valence-corrected chi connectivity index (χ0v) is 17.5. The number of nitrogens with zero attached hydrogens (tertiary/aromatic N) is 2. The molecule has 0 saturated carbocycles. The summed E-state index contributed by atoms with van der Waals surface area (Å²) in [5.74, 6) is -0.149. The van der Waals surface area contributed by atoms with Crippen molar-refractivity contribution in [3.8, 4) is 0 Å². The topological polar surface area (TPSA) is 156 Å². The highest BCUT2D eigenvalue weighted by Gasteiger charge is 2.17. The number of nitrogens with one attached hydrogen (secondary N) is 3. The van der Waals surface area contributed by atoms with E-state index in [2.05, 4.69) is 20.5 Å². The lowest BCUT2D eigenvalue weighted by atomic mass is 10.2. The molecule has 0 aliphatic rings. The Kier molecular flexibility index (Phi) is 6.42. The van der Waals surface area contributed by atoms with Crippen molar-refractivity contribution in [2.45, 2.75) is 11.8 Å². The minimum Gasteiger partial charge on any atom is -0.368 e. The second kappa shape index (κ2) is 9.02. The predicted octanol–water partition coefficient (Wildman–Crippen LogP) is 3.14. The molecule has 3 aromatic rings. The van der Waals surface area contributed by atoms with Gasteiger partial charge >= 0.3 is 0 Å². The van der Waals surface area contributed by atoms with E-state index in [1.807, 2.05) is 0 Å². The molecule has 0 aliphatic carbocycles. The highest BCUT2D eigenvalue weighted by atomic mass is 35.5. The Hall–Kier alpha value is -3.64. The summed E-state index contributed by atoms with van der Waals surface area (Å²) in [6.45, 7) is 1.61. The van der Waals surface area contributed by atoms with E-state index in [4.69, 9.17) is 16.1 Å². The van der Waals surface area contributed by atoms with Gasteiger partial charge in [0.05, 0.1) is 22.7 Å². The molecule has 13 heteroatoms. The summed E-state index contributed by atoms with van der Waals surface area (Å²) in [6.07, 6.45) is 1.27. The molecule has 162 valence electrons. The number of benzene rings is 2. The highest BCUT2D eigenvalue weighted by Crippen LogP contribution is 2.25. The average Bonchev–Trinajstić information content (AvgIpc) is 3.11. The van der Waals surface area contributed by atoms with Crippen molar-refractivity contribution in [2.24, 2.45) is 0 Å². The number of hydrogen-bond donors (Lipinski definition) is 3. The number of halogens is 1. The molecule has 11 nitrogen and oxygen atoms in total. The van der Waals surface area contributed by atoms with Gasteiger partial charge in [-0.25, -0.2) is 8.42 Å². The largest absolute Gasteiger partial charge is 0.368 e. The molecule has 0 bridgehead atoms. The van der Waals surface area contributed by atoms with E-state index in [1.165, 1.54) is 42.6 Å². The summed E-state index contributed by atoms with van der Waals surface area (Å²) < 4.78 is 32.0. The van der Waals surface area contributed by atoms with Gasteiger partial charge in [-0.3, -0.25) is 19.6 Å². The molecule has 0 spiro atoms. The summed E-state index contributed by atoms with van der Waals surface area (Å²) in [7, 11) is -3.81. The van der Waals surface area contributed by atoms with Gasteiger partial charge in [-0.2, -0.15) is 0 Å². The lowest BCUT2D eigenvalue weighted by Gasteiger charge is -2.10. The van der Waals surface area contributed by atoms with Gasteiger partial charge in [-0.1, -0.05) is 16.8 Å². The maximum atomic E-state index is 12.4. The van der Waals surface area contributed by atoms with Gasteiger partial charge in [-0.15, -0.1) is 0 Å². The van der Waals surface area contributed by atoms with Crippen LogP contribution in [0.5, 0.6) is 0 Å². The number of nitro groups is 1. The SMILES string of the molecule is Cc1oncc1NS(=O)(=O)c1ccc(NCNC(=O)c2ccc([N+](=O)[O-])c(Cl)c2)cc1. The van der Waals surface area contributed by atoms with E-state index >= 15 is 0 Å². The average molecular weight is 466 g/mol. The molecule has 0 unspecified atom stereocenters. The molecule has 2 aromatic carbocycles. The number of carbonyl (C=O) groups excluding carboxylic acids is 1. The third-order valence-electron chi connectivity index (χ3n) is 4.11. The number of sulfonamides is 1. The monoisotopic (exact) mass is 465 g/mol. The number of nitro benzene ring substituents is 1. The second-order valence-corrected chi connectivity index (χ2v) is 8.30. The van der Waals surface area contributed by atoms with Crippen LogP contribution in [0.15, 0.2) is 58.1 Å². The van der Waals surface area contributed by atoms with Crippen molar-refractivity contribution in [1.82, 2.24) is 10.5 Å². The number of amides is 1. The third kappa shape index (κ3) is 5.29. The quantitative estimate of drug-likeness (QED) is 0.260. The van der Waals surface area contributed by atoms with Crippen molar-refractivity contribution < 1.29 is 22.7 Å². The van der Waals surface area contributed by atoms with E-state index in [9.17, 15) is 23.3 Å². The summed E-state index contributed by atoms with van der Waals surface area (Å²) in [4.78, 5) is 22.3. The number of carbonyl (C=O) groups is 1. The summed E-state index contributed by atoms with van der Waals surface area (Å²) in [5, 5.41) is 19.6. The molecule has 3 N–H and O–H groups in total. The first-order valence-corrected chi connectivity index (χ1v) is 10.5. The van der Waals surface area contributed by atoms with Crippen molar-refractivity contribution in [1.29, 1.82) is 0 Å². The normalized spacial score (nSPS) is 11.0. The fourth-order valence-corrected chi connectivity index (χ4v) is 3.82. The Morgan fingerprint density at radius 1 is 1.23 bits per heavy atom. The maximum Gasteiger partial charge on any atom is 0.287 e. The van der Waals surface area contributed by atoms with E-state index < -0.39 is 20.9 Å². The number of anilines is 2. The van der Waals surface area contributed by atoms with Crippen molar-refractivity contribution in [3.05, 3.63) is 75.1 Å². The zero-order chi connectivity index (χ0) is 22.6. The Morgan fingerprint density at radius 2 is 1.94 bits per heavy atom. The summed E-state index contributed by atoms with van der Waals surface area (Å²) in [6, 6.07) is 9.51. The van der Waals surface area contributed by atoms with Crippen LogP contribution in [0.3, 0.4) is 0 Å². The molecule has 0 fully saturated rings. The van der Waals surface area contributed by atoms with E-state index in [1.54, 1.807) is 6.92 Å². The minimum atomic E-state index is -3.81. The van der Waals surface area contributed by atoms with Gasteiger partial charge < -0.3 is 15.2 Å². The Balaban J connectivity index is 1.57. The van der Waals surface area contributed by atoms with E-state index in [-0.39, 0.29) is 33.5 Å². The van der Waals surface area contributed by atoms with Crippen LogP contribution in [0.1, 0.15) is 16.1 Å². The van der Waals surface area contributed by atoms with Crippen LogP contribution < -0.4 is 15.4 Å². The Bertz CT molecular complexity index is 1230. The number of hydrogen-bond acceptors (Lipinski definition) is 8. The second-order valence-electron chi connectivity index (χ2n) is 6.21. The molecular formula is C18H16ClN5O6S. The van der Waals surface area contributed by atoms with Crippen molar-refractivity contribution in [2.75, 3.05) is 16.7 Å². The maximum absolute atomic E-state index is 12.4. The van der Waals surface area contributed by atoms with Crippen LogP contribution >= 0.6 is 11.6 Å². The van der Waals surface area contributed by atoms with Crippen LogP contribution in [-0.2, 0) is 10.0 Å². The summed E-state index contributed by atoms with van der Waals surface area (Å²) in [5.41, 5.74) is 0.674. The Labute approximate surface area is 181 Å². The van der Waals surface area contributed by atoms with Crippen LogP contribution in [0, 0.1) is 17.0 Å². The van der Waals surface area contributed by atoms with Gasteiger partial charge in [0.25, 0.3) is 21.6 Å². The fourth-order valence-electron chi connectivity index (χ4n) is 2.48. The van der Waals surface area contributed by atoms with Gasteiger partial charge in [-0.05, 0) is 43.3 Å². The predicted molar refractivity (Wildman–Crippen MR) is 113 cm³/mol. The lowest BCUT2D eigenvalue weighted by Crippen LogP contribution is -2.28. The number of aryl methyl sites for hydroxylation is 1. The van der Waals surface area contributed by atoms with Gasteiger partial charge in [0.15, 0.2) is 5.76 Å². The molecular weight excluding hydrogens is 450 g/mol. The fraction of sp³-hybridized carbons (Fsp3) is 0.111. The van der Waals surface area contributed by atoms with Crippen LogP contribution in [-0.4, -0.2) is 31.1 Å². The molecule has 0 aliphatic heterocycles. The first kappa shape index (κ1) is 22.1. The van der Waals surface area contributed by atoms with Gasteiger partial charge in [0.2, 0.25) is 0 Å². The standard InChI is InChI=1S/C18H16ClN5O6S/c1-11-16(9-22-30-11)23-31(28,29)14-5-3-13(4-6-14)20-10-21-18(25)12-2-7-17(24(26)27)15(19)8-12/h2-9,20,23H,10H2,1H3,(H,21,25). The van der Waals surface area contributed by atoms with Crippen molar-refractivity contribution in [3.63, 3.8) is 0 Å². The van der Waals surface area contributed by atoms with E-state index in [0.717, 1.165) is 6.07 Å². The molecule has 0 atom stereocenters. The third-order valence-corrected chi connectivity index (χ3v) is 5.79. The Morgan fingerprint density at radius 3 is 2.52 bits per heavy atom. The van der Waals surface area contributed by atoms with Crippen molar-refractivity contribution >= 4 is 44.6 Å². The molecule has 31 heavy (non-hydrogen) atoms. The van der Waals surface area contributed by atoms with Crippen LogP contribution in [0.4, 0.5) is 17.1 Å². The minimum absolute atomic E-state index is 0.0255. The number of aromatic nitrogens is 1. The van der Waals surface area contributed by atoms with Crippen LogP contribution in [0.25, 0.3) is 0 Å². The van der Waals surface area contributed by atoms with Gasteiger partial charge in [0, 0.05) is 17.3 Å². The highest BCUT2D eigenvalue weighted by molar-refractivity contribution is 7.92. The van der Waals surface area contributed by atoms with Gasteiger partial charge in [0.1, 0.15) is 10.7 Å². The molecule has 1 amide bonds. The first-order chi connectivity index (χ1) is 14.7. The van der Waals surface area contributed by atoms with Crippen LogP contribution in [0.2, 0.25) is 5.02 Å². The van der Waals surface area contributed by atoms with E-state index in [0.29, 0.717) is 11.4 Å². The molecule has 1 heterocycles. The smallest absolute Gasteiger partial charge is 0.287 e. The molecule has 0 radical (unpaired) electrons. The molecule has 1 aromatic heterocycles. The molecule has 3 rings (SSSR count). The molecule has 0 saturated heterocycles.